The lowest BCUT2D eigenvalue weighted by molar-refractivity contribution is -0.198. The number of carbonyl (C=O) groups is 6. The van der Waals surface area contributed by atoms with Crippen LogP contribution in [0, 0.1) is 0 Å². The zero-order chi connectivity index (χ0) is 34.4. The molecule has 5 aliphatic rings. The van der Waals surface area contributed by atoms with Crippen molar-refractivity contribution in [1.29, 1.82) is 0 Å². The Kier molecular flexibility index (Phi) is 8.77. The van der Waals surface area contributed by atoms with Gasteiger partial charge in [-0.2, -0.15) is 0 Å². The Morgan fingerprint density at radius 3 is 2.12 bits per heavy atom. The van der Waals surface area contributed by atoms with Crippen molar-refractivity contribution in [3.05, 3.63) is 58.7 Å². The Morgan fingerprint density at radius 2 is 1.49 bits per heavy atom. The second-order valence-electron chi connectivity index (χ2n) is 13.2. The number of imide groups is 1. The number of fused-ring (bicyclic) bond motifs is 2. The Bertz CT molecular complexity index is 1730. The van der Waals surface area contributed by atoms with Gasteiger partial charge < -0.3 is 39.7 Å². The van der Waals surface area contributed by atoms with Gasteiger partial charge in [-0.25, -0.2) is 4.79 Å². The van der Waals surface area contributed by atoms with Crippen molar-refractivity contribution in [3.63, 3.8) is 0 Å². The smallest absolute Gasteiger partial charge is 0.423 e. The third kappa shape index (κ3) is 6.46. The number of nitrogens with zero attached hydrogens (tertiary/aromatic N) is 2. The molecule has 254 valence electrons. The van der Waals surface area contributed by atoms with Crippen LogP contribution in [-0.4, -0.2) is 93.9 Å². The van der Waals surface area contributed by atoms with E-state index in [2.05, 4.69) is 10.6 Å². The molecule has 3 fully saturated rings. The zero-order valence-electron chi connectivity index (χ0n) is 26.5. The van der Waals surface area contributed by atoms with Gasteiger partial charge in [-0.1, -0.05) is 25.0 Å². The van der Waals surface area contributed by atoms with Gasteiger partial charge in [-0.3, -0.25) is 24.0 Å². The number of hydroxylamine groups is 2. The third-order valence-electron chi connectivity index (χ3n) is 9.96. The van der Waals surface area contributed by atoms with Crippen LogP contribution in [-0.2, 0) is 46.5 Å². The molecule has 4 heterocycles. The molecule has 1 saturated carbocycles. The first-order valence-electron chi connectivity index (χ1n) is 16.4. The highest BCUT2D eigenvalue weighted by molar-refractivity contribution is 6.62. The van der Waals surface area contributed by atoms with Crippen LogP contribution < -0.4 is 21.6 Å². The topological polar surface area (TPSA) is 201 Å². The SMILES string of the molecule is O=C(CC1(NC(=O)[C@@H]2C[C@@H](NC(=O)c3ccc4c(c3)B(O)OC4)CN2C(=O)c2ccc3c(c2)B(O)OC3)CCCC1)ON1C(=O)CCC1=O. The number of likely N-dealkylation sites (tertiary alicyclic amines) is 1. The van der Waals surface area contributed by atoms with Crippen LogP contribution in [0.25, 0.3) is 0 Å². The molecule has 15 nitrogen and oxygen atoms in total. The third-order valence-corrected chi connectivity index (χ3v) is 9.96. The molecular formula is C32H34B2N4O11. The number of hydrogen-bond donors (Lipinski definition) is 4. The molecule has 0 aromatic heterocycles. The molecule has 7 rings (SSSR count). The van der Waals surface area contributed by atoms with E-state index in [4.69, 9.17) is 14.1 Å². The van der Waals surface area contributed by atoms with E-state index in [1.165, 1.54) is 11.0 Å². The molecule has 2 aromatic rings. The van der Waals surface area contributed by atoms with Gasteiger partial charge in [0, 0.05) is 36.6 Å². The molecule has 2 atom stereocenters. The molecule has 4 aliphatic heterocycles. The van der Waals surface area contributed by atoms with Crippen molar-refractivity contribution in [2.24, 2.45) is 0 Å². The summed E-state index contributed by atoms with van der Waals surface area (Å²) in [5, 5.41) is 26.7. The number of hydrogen-bond acceptors (Lipinski definition) is 11. The average Bonchev–Trinajstić information content (AvgIpc) is 3.92. The molecule has 1 aliphatic carbocycles. The minimum Gasteiger partial charge on any atom is -0.423 e. The zero-order valence-corrected chi connectivity index (χ0v) is 26.5. The van der Waals surface area contributed by atoms with Crippen molar-refractivity contribution < 1.29 is 53.0 Å². The molecule has 0 bridgehead atoms. The van der Waals surface area contributed by atoms with E-state index in [1.807, 2.05) is 0 Å². The predicted octanol–water partition coefficient (Wildman–Crippen LogP) is -1.44. The molecule has 5 amide bonds. The van der Waals surface area contributed by atoms with Crippen molar-refractivity contribution in [2.75, 3.05) is 6.54 Å². The van der Waals surface area contributed by atoms with E-state index in [-0.39, 0.29) is 56.6 Å². The Labute approximate surface area is 281 Å². The van der Waals surface area contributed by atoms with Crippen LogP contribution >= 0.6 is 0 Å². The quantitative estimate of drug-likeness (QED) is 0.189. The Balaban J connectivity index is 1.10. The fraction of sp³-hybridized carbons (Fsp3) is 0.438. The minimum absolute atomic E-state index is 0.0102. The van der Waals surface area contributed by atoms with E-state index in [9.17, 15) is 38.8 Å². The summed E-state index contributed by atoms with van der Waals surface area (Å²) in [4.78, 5) is 84.9. The van der Waals surface area contributed by atoms with Crippen LogP contribution in [0.15, 0.2) is 36.4 Å². The van der Waals surface area contributed by atoms with E-state index >= 15 is 0 Å². The van der Waals surface area contributed by atoms with E-state index in [0.717, 1.165) is 11.1 Å². The lowest BCUT2D eigenvalue weighted by Crippen LogP contribution is -2.55. The van der Waals surface area contributed by atoms with Gasteiger partial charge in [0.1, 0.15) is 6.04 Å². The van der Waals surface area contributed by atoms with E-state index < -0.39 is 67.4 Å². The van der Waals surface area contributed by atoms with Crippen molar-refractivity contribution in [1.82, 2.24) is 20.6 Å². The normalized spacial score (nSPS) is 22.4. The van der Waals surface area contributed by atoms with Crippen LogP contribution in [0.3, 0.4) is 0 Å². The molecule has 49 heavy (non-hydrogen) atoms. The van der Waals surface area contributed by atoms with Crippen molar-refractivity contribution in [3.8, 4) is 0 Å². The Hall–Kier alpha value is -4.57. The fourth-order valence-corrected chi connectivity index (χ4v) is 7.36. The highest BCUT2D eigenvalue weighted by Gasteiger charge is 2.46. The van der Waals surface area contributed by atoms with Gasteiger partial charge in [0.25, 0.3) is 23.6 Å². The van der Waals surface area contributed by atoms with Crippen LogP contribution in [0.1, 0.15) is 83.2 Å². The number of carbonyl (C=O) groups excluding carboxylic acids is 6. The fourth-order valence-electron chi connectivity index (χ4n) is 7.36. The molecule has 4 N–H and O–H groups in total. The van der Waals surface area contributed by atoms with Gasteiger partial charge in [0.15, 0.2) is 0 Å². The molecule has 2 saturated heterocycles. The summed E-state index contributed by atoms with van der Waals surface area (Å²) in [7, 11) is -2.32. The molecule has 0 radical (unpaired) electrons. The standard InChI is InChI=1S/C32H34B2N4O11/c39-26-7-8-27(40)38(26)49-28(41)14-32(9-1-2-10-32)36-30(43)25-13-22(35-29(42)18-3-5-20-16-47-33(45)23(20)11-18)15-37(25)31(44)19-4-6-21-17-48-34(46)24(21)12-19/h3-6,11-12,22,25,45-46H,1-2,7-10,13-17H2,(H,35,42)(H,36,43)/t22-,25+/m1/s1. The lowest BCUT2D eigenvalue weighted by atomic mass is 9.78. The number of nitrogens with one attached hydrogen (secondary N) is 2. The maximum atomic E-state index is 14.1. The summed E-state index contributed by atoms with van der Waals surface area (Å²) >= 11 is 0. The van der Waals surface area contributed by atoms with Crippen molar-refractivity contribution >= 4 is 60.7 Å². The first kappa shape index (κ1) is 33.0. The van der Waals surface area contributed by atoms with Crippen LogP contribution in [0.4, 0.5) is 0 Å². The summed E-state index contributed by atoms with van der Waals surface area (Å²) in [5.74, 6) is -3.53. The van der Waals surface area contributed by atoms with Crippen LogP contribution in [0.5, 0.6) is 0 Å². The monoisotopic (exact) mass is 672 g/mol. The molecular weight excluding hydrogens is 638 g/mol. The average molecular weight is 672 g/mol. The highest BCUT2D eigenvalue weighted by Crippen LogP contribution is 2.34. The molecule has 2 aromatic carbocycles. The maximum absolute atomic E-state index is 14.1. The summed E-state index contributed by atoms with van der Waals surface area (Å²) in [6, 6.07) is 7.99. The lowest BCUT2D eigenvalue weighted by Gasteiger charge is -2.33. The van der Waals surface area contributed by atoms with Gasteiger partial charge in [0.05, 0.1) is 25.2 Å². The van der Waals surface area contributed by atoms with Gasteiger partial charge in [0.2, 0.25) is 5.91 Å². The van der Waals surface area contributed by atoms with Gasteiger partial charge in [-0.05, 0) is 65.6 Å². The largest absolute Gasteiger partial charge is 0.491 e. The van der Waals surface area contributed by atoms with E-state index in [0.29, 0.717) is 41.7 Å². The number of benzene rings is 2. The minimum atomic E-state index is -1.18. The summed E-state index contributed by atoms with van der Waals surface area (Å²) in [6.07, 6.45) is 1.98. The summed E-state index contributed by atoms with van der Waals surface area (Å²) < 4.78 is 10.5. The van der Waals surface area contributed by atoms with Gasteiger partial charge in [-0.15, -0.1) is 5.06 Å². The Morgan fingerprint density at radius 1 is 0.898 bits per heavy atom. The molecule has 17 heteroatoms. The highest BCUT2D eigenvalue weighted by atomic mass is 16.7. The molecule has 0 unspecified atom stereocenters. The van der Waals surface area contributed by atoms with Gasteiger partial charge >= 0.3 is 20.2 Å². The van der Waals surface area contributed by atoms with E-state index in [1.54, 1.807) is 30.3 Å². The second kappa shape index (κ2) is 13.0. The first-order valence-corrected chi connectivity index (χ1v) is 16.4. The first-order chi connectivity index (χ1) is 23.5. The second-order valence-corrected chi connectivity index (χ2v) is 13.2. The maximum Gasteiger partial charge on any atom is 0.491 e. The number of amides is 5. The summed E-state index contributed by atoms with van der Waals surface area (Å²) in [5.41, 5.74) is 1.93. The number of rotatable bonds is 8. The predicted molar refractivity (Wildman–Crippen MR) is 170 cm³/mol. The van der Waals surface area contributed by atoms with Crippen molar-refractivity contribution in [2.45, 2.75) is 82.2 Å². The molecule has 0 spiro atoms. The van der Waals surface area contributed by atoms with Crippen LogP contribution in [0.2, 0.25) is 0 Å². The summed E-state index contributed by atoms with van der Waals surface area (Å²) in [6.45, 7) is 0.419.